The second-order valence-corrected chi connectivity index (χ2v) is 8.76. The summed E-state index contributed by atoms with van der Waals surface area (Å²) in [7, 11) is 0. The summed E-state index contributed by atoms with van der Waals surface area (Å²) in [5.74, 6) is 0.620. The Kier molecular flexibility index (Phi) is 6.18. The molecule has 2 fully saturated rings. The van der Waals surface area contributed by atoms with Crippen molar-refractivity contribution in [3.63, 3.8) is 0 Å². The van der Waals surface area contributed by atoms with E-state index in [1.54, 1.807) is 0 Å². The molecule has 1 heterocycles. The molecular weight excluding hydrogens is 388 g/mol. The van der Waals surface area contributed by atoms with Crippen LogP contribution in [0.3, 0.4) is 0 Å². The molecule has 0 aromatic heterocycles. The van der Waals surface area contributed by atoms with Gasteiger partial charge in [-0.25, -0.2) is 4.99 Å². The van der Waals surface area contributed by atoms with Crippen molar-refractivity contribution in [1.82, 2.24) is 4.90 Å². The molecule has 1 aliphatic heterocycles. The average molecular weight is 411 g/mol. The molecule has 144 valence electrons. The molecule has 28 heavy (non-hydrogen) atoms. The van der Waals surface area contributed by atoms with E-state index in [4.69, 9.17) is 16.6 Å². The molecule has 1 saturated carbocycles. The molecule has 1 amide bonds. The predicted molar refractivity (Wildman–Crippen MR) is 119 cm³/mol. The Labute approximate surface area is 175 Å². The molecule has 0 unspecified atom stereocenters. The van der Waals surface area contributed by atoms with Crippen LogP contribution in [0, 0.1) is 5.92 Å². The van der Waals surface area contributed by atoms with Gasteiger partial charge in [0.15, 0.2) is 5.17 Å². The lowest BCUT2D eigenvalue weighted by Crippen LogP contribution is -2.34. The third-order valence-corrected chi connectivity index (χ3v) is 6.46. The highest BCUT2D eigenvalue weighted by atomic mass is 35.5. The second-order valence-electron chi connectivity index (χ2n) is 7.31. The number of carbonyl (C=O) groups excluding carboxylic acids is 1. The number of amidine groups is 1. The number of rotatable bonds is 4. The predicted octanol–water partition coefficient (Wildman–Crippen LogP) is 6.52. The van der Waals surface area contributed by atoms with E-state index in [2.05, 4.69) is 0 Å². The van der Waals surface area contributed by atoms with Crippen LogP contribution in [-0.2, 0) is 4.79 Å². The molecule has 3 nitrogen and oxygen atoms in total. The fourth-order valence-electron chi connectivity index (χ4n) is 3.70. The molecule has 2 aromatic carbocycles. The third kappa shape index (κ3) is 4.68. The fraction of sp³-hybridized carbons (Fsp3) is 0.304. The first kappa shape index (κ1) is 19.3. The van der Waals surface area contributed by atoms with Crippen LogP contribution in [0.1, 0.15) is 37.7 Å². The zero-order valence-corrected chi connectivity index (χ0v) is 17.3. The van der Waals surface area contributed by atoms with Crippen molar-refractivity contribution in [2.45, 2.75) is 32.1 Å². The Morgan fingerprint density at radius 3 is 2.46 bits per heavy atom. The molecule has 0 N–H and O–H groups in total. The molecule has 1 saturated heterocycles. The van der Waals surface area contributed by atoms with Gasteiger partial charge in [0.1, 0.15) is 0 Å². The van der Waals surface area contributed by atoms with Crippen molar-refractivity contribution in [2.75, 3.05) is 6.54 Å². The van der Waals surface area contributed by atoms with E-state index in [9.17, 15) is 4.79 Å². The normalized spacial score (nSPS) is 21.0. The Morgan fingerprint density at radius 2 is 1.75 bits per heavy atom. The largest absolute Gasteiger partial charge is 0.286 e. The van der Waals surface area contributed by atoms with Crippen molar-refractivity contribution in [3.05, 3.63) is 70.1 Å². The second kappa shape index (κ2) is 8.97. The fourth-order valence-corrected chi connectivity index (χ4v) is 4.84. The molecule has 5 heteroatoms. The van der Waals surface area contributed by atoms with Crippen LogP contribution in [0.4, 0.5) is 5.69 Å². The number of carbonyl (C=O) groups is 1. The van der Waals surface area contributed by atoms with E-state index in [1.807, 2.05) is 65.6 Å². The highest BCUT2D eigenvalue weighted by Gasteiger charge is 2.35. The van der Waals surface area contributed by atoms with Crippen molar-refractivity contribution in [2.24, 2.45) is 10.9 Å². The van der Waals surface area contributed by atoms with Crippen LogP contribution in [-0.4, -0.2) is 22.5 Å². The van der Waals surface area contributed by atoms with Crippen molar-refractivity contribution < 1.29 is 4.79 Å². The van der Waals surface area contributed by atoms with Gasteiger partial charge in [0.25, 0.3) is 5.91 Å². The van der Waals surface area contributed by atoms with E-state index >= 15 is 0 Å². The molecule has 1 aliphatic carbocycles. The minimum absolute atomic E-state index is 0.0557. The van der Waals surface area contributed by atoms with Crippen molar-refractivity contribution >= 4 is 46.2 Å². The van der Waals surface area contributed by atoms with Gasteiger partial charge >= 0.3 is 0 Å². The lowest BCUT2D eigenvalue weighted by Gasteiger charge is -2.26. The number of amides is 1. The number of aliphatic imine (C=N–C) groups is 1. The van der Waals surface area contributed by atoms with Gasteiger partial charge < -0.3 is 0 Å². The quantitative estimate of drug-likeness (QED) is 0.537. The number of halogens is 1. The molecule has 0 spiro atoms. The summed E-state index contributed by atoms with van der Waals surface area (Å²) < 4.78 is 0. The van der Waals surface area contributed by atoms with Gasteiger partial charge in [-0.2, -0.15) is 0 Å². The summed E-state index contributed by atoms with van der Waals surface area (Å²) in [6.07, 6.45) is 8.17. The Bertz CT molecular complexity index is 887. The standard InChI is InChI=1S/C23H23ClN2OS/c24-19-13-11-17(12-14-19)15-21-22(27)26(16-18-7-3-1-4-8-18)23(28-21)25-20-9-5-2-6-10-20/h2,5-6,9-15,18H,1,3-4,7-8,16H2. The number of benzene rings is 2. The summed E-state index contributed by atoms with van der Waals surface area (Å²) in [5.41, 5.74) is 1.85. The zero-order valence-electron chi connectivity index (χ0n) is 15.7. The van der Waals surface area contributed by atoms with Gasteiger partial charge in [-0.15, -0.1) is 0 Å². The first-order valence-corrected chi connectivity index (χ1v) is 11.0. The number of thioether (sulfide) groups is 1. The van der Waals surface area contributed by atoms with Crippen LogP contribution in [0.15, 0.2) is 64.5 Å². The zero-order chi connectivity index (χ0) is 19.3. The van der Waals surface area contributed by atoms with Crippen LogP contribution in [0.25, 0.3) is 6.08 Å². The first-order valence-electron chi connectivity index (χ1n) is 9.80. The van der Waals surface area contributed by atoms with Gasteiger partial charge in [-0.1, -0.05) is 61.2 Å². The maximum absolute atomic E-state index is 13.2. The maximum atomic E-state index is 13.2. The molecule has 0 radical (unpaired) electrons. The molecule has 0 atom stereocenters. The molecule has 0 bridgehead atoms. The minimum Gasteiger partial charge on any atom is -0.286 e. The van der Waals surface area contributed by atoms with Crippen LogP contribution in [0.2, 0.25) is 5.02 Å². The molecule has 2 aromatic rings. The summed E-state index contributed by atoms with van der Waals surface area (Å²) >= 11 is 7.45. The first-order chi connectivity index (χ1) is 13.7. The number of para-hydroxylation sites is 1. The van der Waals surface area contributed by atoms with Gasteiger partial charge in [0.2, 0.25) is 0 Å². The summed E-state index contributed by atoms with van der Waals surface area (Å²) in [4.78, 5) is 20.6. The van der Waals surface area contributed by atoms with Gasteiger partial charge in [-0.05, 0) is 66.4 Å². The van der Waals surface area contributed by atoms with Gasteiger partial charge in [-0.3, -0.25) is 9.69 Å². The van der Waals surface area contributed by atoms with E-state index < -0.39 is 0 Å². The summed E-state index contributed by atoms with van der Waals surface area (Å²) in [6.45, 7) is 0.759. The molecular formula is C23H23ClN2OS. The van der Waals surface area contributed by atoms with E-state index in [0.717, 1.165) is 23.0 Å². The Hall–Kier alpha value is -2.04. The highest BCUT2D eigenvalue weighted by Crippen LogP contribution is 2.36. The van der Waals surface area contributed by atoms with Crippen LogP contribution in [0.5, 0.6) is 0 Å². The van der Waals surface area contributed by atoms with Crippen LogP contribution >= 0.6 is 23.4 Å². The summed E-state index contributed by atoms with van der Waals surface area (Å²) in [6, 6.07) is 17.4. The third-order valence-electron chi connectivity index (χ3n) is 5.20. The molecule has 2 aliphatic rings. The highest BCUT2D eigenvalue weighted by molar-refractivity contribution is 8.18. The van der Waals surface area contributed by atoms with Crippen molar-refractivity contribution in [1.29, 1.82) is 0 Å². The SMILES string of the molecule is O=C1C(=Cc2ccc(Cl)cc2)SC(=Nc2ccccc2)N1CC1CCCCC1. The van der Waals surface area contributed by atoms with Gasteiger partial charge in [0, 0.05) is 11.6 Å². The average Bonchev–Trinajstić information content (AvgIpc) is 3.00. The monoisotopic (exact) mass is 410 g/mol. The van der Waals surface area contributed by atoms with Gasteiger partial charge in [0.05, 0.1) is 10.6 Å². The topological polar surface area (TPSA) is 32.7 Å². The Balaban J connectivity index is 1.62. The lowest BCUT2D eigenvalue weighted by molar-refractivity contribution is -0.122. The van der Waals surface area contributed by atoms with Crippen LogP contribution < -0.4 is 0 Å². The minimum atomic E-state index is 0.0557. The van der Waals surface area contributed by atoms with E-state index in [1.165, 1.54) is 43.9 Å². The van der Waals surface area contributed by atoms with Crippen molar-refractivity contribution in [3.8, 4) is 0 Å². The number of hydrogen-bond acceptors (Lipinski definition) is 3. The van der Waals surface area contributed by atoms with E-state index in [-0.39, 0.29) is 5.91 Å². The Morgan fingerprint density at radius 1 is 1.04 bits per heavy atom. The maximum Gasteiger partial charge on any atom is 0.266 e. The number of hydrogen-bond donors (Lipinski definition) is 0. The summed E-state index contributed by atoms with van der Waals surface area (Å²) in [5, 5.41) is 1.47. The lowest BCUT2D eigenvalue weighted by atomic mass is 9.89. The molecule has 4 rings (SSSR count). The van der Waals surface area contributed by atoms with E-state index in [0.29, 0.717) is 15.8 Å². The smallest absolute Gasteiger partial charge is 0.266 e. The number of nitrogens with zero attached hydrogens (tertiary/aromatic N) is 2.